The van der Waals surface area contributed by atoms with Gasteiger partial charge in [0.1, 0.15) is 12.7 Å². The Morgan fingerprint density at radius 2 is 2.05 bits per heavy atom. The van der Waals surface area contributed by atoms with Crippen molar-refractivity contribution in [2.75, 3.05) is 12.3 Å². The molecule has 0 saturated heterocycles. The molecule has 0 unspecified atom stereocenters. The number of anilines is 1. The molecule has 0 radical (unpaired) electrons. The number of rotatable bonds is 3. The van der Waals surface area contributed by atoms with E-state index < -0.39 is 0 Å². The van der Waals surface area contributed by atoms with Crippen LogP contribution in [-0.2, 0) is 6.42 Å². The molecule has 5 nitrogen and oxygen atoms in total. The molecule has 20 heavy (non-hydrogen) atoms. The van der Waals surface area contributed by atoms with E-state index in [1.807, 2.05) is 37.3 Å². The van der Waals surface area contributed by atoms with Crippen molar-refractivity contribution >= 4 is 5.95 Å². The Morgan fingerprint density at radius 3 is 2.85 bits per heavy atom. The number of fused-ring (bicyclic) bond motifs is 1. The van der Waals surface area contributed by atoms with Crippen molar-refractivity contribution in [3.63, 3.8) is 0 Å². The van der Waals surface area contributed by atoms with Gasteiger partial charge in [0, 0.05) is 11.4 Å². The lowest BCUT2D eigenvalue weighted by atomic mass is 10.1. The summed E-state index contributed by atoms with van der Waals surface area (Å²) in [5.41, 5.74) is 7.48. The van der Waals surface area contributed by atoms with Crippen molar-refractivity contribution in [3.8, 4) is 11.5 Å². The average molecular weight is 271 g/mol. The summed E-state index contributed by atoms with van der Waals surface area (Å²) in [6.07, 6.45) is 1.68. The van der Waals surface area contributed by atoms with E-state index in [9.17, 15) is 0 Å². The van der Waals surface area contributed by atoms with Crippen LogP contribution in [0.15, 0.2) is 30.3 Å². The van der Waals surface area contributed by atoms with Gasteiger partial charge in [-0.15, -0.1) is 0 Å². The van der Waals surface area contributed by atoms with Crippen LogP contribution in [0.5, 0.6) is 11.5 Å². The van der Waals surface area contributed by atoms with E-state index in [2.05, 4.69) is 9.97 Å². The molecular weight excluding hydrogens is 254 g/mol. The van der Waals surface area contributed by atoms with Gasteiger partial charge in [0.05, 0.1) is 0 Å². The first-order valence-corrected chi connectivity index (χ1v) is 6.69. The number of benzene rings is 1. The van der Waals surface area contributed by atoms with Crippen LogP contribution in [-0.4, -0.2) is 22.7 Å². The third kappa shape index (κ3) is 2.82. The molecule has 1 aliphatic heterocycles. The van der Waals surface area contributed by atoms with E-state index in [1.165, 1.54) is 0 Å². The highest BCUT2D eigenvalue weighted by atomic mass is 16.6. The van der Waals surface area contributed by atoms with Crippen molar-refractivity contribution < 1.29 is 9.47 Å². The number of nitrogen functional groups attached to an aromatic ring is 1. The summed E-state index contributed by atoms with van der Waals surface area (Å²) in [5.74, 6) is 1.94. The number of nitrogens with two attached hydrogens (primary N) is 1. The standard InChI is InChI=1S/C15H17N3O2/c1-10-8-11(18-15(16)17-10)6-7-12-9-19-13-4-2-3-5-14(13)20-12/h2-5,8,12H,6-7,9H2,1H3,(H2,16,17,18)/t12-/m1/s1. The molecule has 2 N–H and O–H groups in total. The first-order chi connectivity index (χ1) is 9.70. The van der Waals surface area contributed by atoms with Crippen molar-refractivity contribution in [3.05, 3.63) is 41.7 Å². The second-order valence-electron chi connectivity index (χ2n) is 4.90. The summed E-state index contributed by atoms with van der Waals surface area (Å²) in [7, 11) is 0. The van der Waals surface area contributed by atoms with E-state index in [4.69, 9.17) is 15.2 Å². The minimum Gasteiger partial charge on any atom is -0.486 e. The molecule has 0 aliphatic carbocycles. The lowest BCUT2D eigenvalue weighted by Gasteiger charge is -2.26. The first kappa shape index (κ1) is 12.7. The molecule has 1 aliphatic rings. The van der Waals surface area contributed by atoms with E-state index in [0.29, 0.717) is 12.6 Å². The lowest BCUT2D eigenvalue weighted by Crippen LogP contribution is -2.29. The van der Waals surface area contributed by atoms with Gasteiger partial charge in [0.25, 0.3) is 0 Å². The van der Waals surface area contributed by atoms with Gasteiger partial charge < -0.3 is 15.2 Å². The van der Waals surface area contributed by atoms with Gasteiger partial charge >= 0.3 is 0 Å². The first-order valence-electron chi connectivity index (χ1n) is 6.69. The number of aromatic nitrogens is 2. The molecular formula is C15H17N3O2. The Bertz CT molecular complexity index is 596. The maximum atomic E-state index is 5.91. The van der Waals surface area contributed by atoms with Crippen LogP contribution in [0.2, 0.25) is 0 Å². The largest absolute Gasteiger partial charge is 0.486 e. The van der Waals surface area contributed by atoms with Gasteiger partial charge in [-0.1, -0.05) is 12.1 Å². The Hall–Kier alpha value is -2.30. The predicted octanol–water partition coefficient (Wildman–Crippen LogP) is 2.14. The summed E-state index contributed by atoms with van der Waals surface area (Å²) in [4.78, 5) is 8.30. The molecule has 1 aromatic carbocycles. The van der Waals surface area contributed by atoms with Gasteiger partial charge in [-0.05, 0) is 38.0 Å². The Kier molecular flexibility index (Phi) is 3.41. The number of para-hydroxylation sites is 2. The number of hydrogen-bond acceptors (Lipinski definition) is 5. The molecule has 2 heterocycles. The van der Waals surface area contributed by atoms with Gasteiger partial charge in [0.2, 0.25) is 5.95 Å². The monoisotopic (exact) mass is 271 g/mol. The third-order valence-corrected chi connectivity index (χ3v) is 3.21. The zero-order chi connectivity index (χ0) is 13.9. The summed E-state index contributed by atoms with van der Waals surface area (Å²) in [5, 5.41) is 0. The SMILES string of the molecule is Cc1cc(CC[C@@H]2COc3ccccc3O2)nc(N)n1. The lowest BCUT2D eigenvalue weighted by molar-refractivity contribution is 0.0849. The molecule has 1 atom stereocenters. The van der Waals surface area contributed by atoms with Crippen LogP contribution in [0.4, 0.5) is 5.95 Å². The molecule has 3 rings (SSSR count). The number of aryl methyl sites for hydroxylation is 2. The van der Waals surface area contributed by atoms with E-state index in [1.54, 1.807) is 0 Å². The fourth-order valence-corrected chi connectivity index (χ4v) is 2.30. The van der Waals surface area contributed by atoms with Crippen LogP contribution in [0.25, 0.3) is 0 Å². The van der Waals surface area contributed by atoms with E-state index >= 15 is 0 Å². The molecule has 0 spiro atoms. The highest BCUT2D eigenvalue weighted by Gasteiger charge is 2.20. The van der Waals surface area contributed by atoms with Gasteiger partial charge in [-0.2, -0.15) is 0 Å². The van der Waals surface area contributed by atoms with Crippen molar-refractivity contribution in [1.29, 1.82) is 0 Å². The average Bonchev–Trinajstić information content (AvgIpc) is 2.44. The fraction of sp³-hybridized carbons (Fsp3) is 0.333. The minimum atomic E-state index is 0.0430. The van der Waals surface area contributed by atoms with Crippen LogP contribution in [0, 0.1) is 6.92 Å². The van der Waals surface area contributed by atoms with Gasteiger partial charge in [-0.25, -0.2) is 9.97 Å². The molecule has 0 amide bonds. The summed E-state index contributed by atoms with van der Waals surface area (Å²) in [6.45, 7) is 2.48. The van der Waals surface area contributed by atoms with Crippen molar-refractivity contribution in [1.82, 2.24) is 9.97 Å². The maximum absolute atomic E-state index is 5.91. The number of nitrogens with zero attached hydrogens (tertiary/aromatic N) is 2. The Morgan fingerprint density at radius 1 is 1.25 bits per heavy atom. The summed E-state index contributed by atoms with van der Waals surface area (Å²) >= 11 is 0. The summed E-state index contributed by atoms with van der Waals surface area (Å²) in [6, 6.07) is 9.68. The van der Waals surface area contributed by atoms with Crippen molar-refractivity contribution in [2.45, 2.75) is 25.9 Å². The Labute approximate surface area is 117 Å². The van der Waals surface area contributed by atoms with Gasteiger partial charge in [0.15, 0.2) is 11.5 Å². The summed E-state index contributed by atoms with van der Waals surface area (Å²) < 4.78 is 11.6. The number of hydrogen-bond donors (Lipinski definition) is 1. The van der Waals surface area contributed by atoms with Crippen LogP contribution >= 0.6 is 0 Å². The molecule has 2 aromatic rings. The fourth-order valence-electron chi connectivity index (χ4n) is 2.30. The van der Waals surface area contributed by atoms with Crippen LogP contribution in [0.1, 0.15) is 17.8 Å². The minimum absolute atomic E-state index is 0.0430. The molecule has 0 fully saturated rings. The zero-order valence-electron chi connectivity index (χ0n) is 11.4. The van der Waals surface area contributed by atoms with Crippen LogP contribution in [0.3, 0.4) is 0 Å². The van der Waals surface area contributed by atoms with Crippen LogP contribution < -0.4 is 15.2 Å². The number of ether oxygens (including phenoxy) is 2. The molecule has 104 valence electrons. The Balaban J connectivity index is 1.62. The molecule has 0 bridgehead atoms. The van der Waals surface area contributed by atoms with E-state index in [0.717, 1.165) is 35.7 Å². The zero-order valence-corrected chi connectivity index (χ0v) is 11.4. The smallest absolute Gasteiger partial charge is 0.220 e. The highest BCUT2D eigenvalue weighted by Crippen LogP contribution is 2.31. The second-order valence-corrected chi connectivity index (χ2v) is 4.90. The topological polar surface area (TPSA) is 70.3 Å². The predicted molar refractivity (Wildman–Crippen MR) is 75.9 cm³/mol. The normalized spacial score (nSPS) is 16.9. The molecule has 0 saturated carbocycles. The quantitative estimate of drug-likeness (QED) is 0.926. The maximum Gasteiger partial charge on any atom is 0.220 e. The molecule has 5 heteroatoms. The second kappa shape index (κ2) is 5.36. The third-order valence-electron chi connectivity index (χ3n) is 3.21. The van der Waals surface area contributed by atoms with E-state index in [-0.39, 0.29) is 6.10 Å². The van der Waals surface area contributed by atoms with Gasteiger partial charge in [-0.3, -0.25) is 0 Å². The van der Waals surface area contributed by atoms with Crippen molar-refractivity contribution in [2.24, 2.45) is 0 Å². The molecule has 1 aromatic heterocycles. The highest BCUT2D eigenvalue weighted by molar-refractivity contribution is 5.40.